The van der Waals surface area contributed by atoms with Crippen LogP contribution in [-0.2, 0) is 18.4 Å². The molecule has 3 heterocycles. The number of carbonyl (C=O) groups excluding carboxylic acids is 1. The van der Waals surface area contributed by atoms with E-state index in [1.165, 1.54) is 17.1 Å². The monoisotopic (exact) mass is 411 g/mol. The Hall–Kier alpha value is -3.36. The molecule has 0 aliphatic carbocycles. The summed E-state index contributed by atoms with van der Waals surface area (Å²) in [6, 6.07) is 5.57. The Bertz CT molecular complexity index is 1130. The quantitative estimate of drug-likeness (QED) is 0.664. The van der Waals surface area contributed by atoms with Gasteiger partial charge in [-0.1, -0.05) is 19.9 Å². The number of fused-ring (bicyclic) bond motifs is 2. The molecule has 9 nitrogen and oxygen atoms in total. The number of rotatable bonds is 6. The van der Waals surface area contributed by atoms with Crippen molar-refractivity contribution in [2.75, 3.05) is 13.2 Å². The Morgan fingerprint density at radius 1 is 1.23 bits per heavy atom. The van der Waals surface area contributed by atoms with Crippen LogP contribution in [0.3, 0.4) is 0 Å². The SMILES string of the molecule is CC(C)C(NC(=O)CCn1cnc2c(cnn2C)c1=O)c1ccc2c(c1)OCCO2. The molecule has 1 N–H and O–H groups in total. The fraction of sp³-hybridized carbons (Fsp3) is 0.429. The molecule has 2 aromatic heterocycles. The minimum atomic E-state index is -0.201. The van der Waals surface area contributed by atoms with Crippen molar-refractivity contribution in [1.29, 1.82) is 0 Å². The molecule has 0 spiro atoms. The molecule has 1 aliphatic heterocycles. The van der Waals surface area contributed by atoms with Crippen molar-refractivity contribution < 1.29 is 14.3 Å². The molecule has 1 aliphatic rings. The fourth-order valence-corrected chi connectivity index (χ4v) is 3.58. The summed E-state index contributed by atoms with van der Waals surface area (Å²) < 4.78 is 14.2. The molecule has 0 fully saturated rings. The molecule has 0 radical (unpaired) electrons. The molecule has 1 aromatic carbocycles. The number of nitrogens with one attached hydrogen (secondary N) is 1. The van der Waals surface area contributed by atoms with Crippen LogP contribution >= 0.6 is 0 Å². The smallest absolute Gasteiger partial charge is 0.264 e. The standard InChI is InChI=1S/C21H25N5O4/c1-13(2)19(14-4-5-16-17(10-14)30-9-8-29-16)24-18(27)6-7-26-12-22-20-15(21(26)28)11-23-25(20)3/h4-5,10-13,19H,6-9H2,1-3H3,(H,24,27). The van der Waals surface area contributed by atoms with E-state index in [1.807, 2.05) is 32.0 Å². The molecule has 0 saturated heterocycles. The first-order valence-corrected chi connectivity index (χ1v) is 10.00. The molecular weight excluding hydrogens is 386 g/mol. The second-order valence-electron chi connectivity index (χ2n) is 7.69. The van der Waals surface area contributed by atoms with Gasteiger partial charge in [-0.2, -0.15) is 5.10 Å². The molecule has 9 heteroatoms. The van der Waals surface area contributed by atoms with Crippen LogP contribution in [-0.4, -0.2) is 38.5 Å². The van der Waals surface area contributed by atoms with Crippen LogP contribution in [0.2, 0.25) is 0 Å². The Morgan fingerprint density at radius 3 is 2.77 bits per heavy atom. The first-order valence-electron chi connectivity index (χ1n) is 10.00. The molecule has 0 bridgehead atoms. The van der Waals surface area contributed by atoms with Gasteiger partial charge in [-0.25, -0.2) is 4.98 Å². The Balaban J connectivity index is 1.45. The van der Waals surface area contributed by atoms with E-state index < -0.39 is 0 Å². The van der Waals surface area contributed by atoms with Crippen LogP contribution < -0.4 is 20.3 Å². The van der Waals surface area contributed by atoms with Gasteiger partial charge >= 0.3 is 0 Å². The van der Waals surface area contributed by atoms with Gasteiger partial charge in [-0.05, 0) is 23.6 Å². The van der Waals surface area contributed by atoms with E-state index >= 15 is 0 Å². The third-order valence-corrected chi connectivity index (χ3v) is 5.21. The number of ether oxygens (including phenoxy) is 2. The van der Waals surface area contributed by atoms with E-state index in [9.17, 15) is 9.59 Å². The first kappa shape index (κ1) is 19.9. The normalized spacial score (nSPS) is 14.1. The highest BCUT2D eigenvalue weighted by Gasteiger charge is 2.21. The van der Waals surface area contributed by atoms with Gasteiger partial charge < -0.3 is 14.8 Å². The van der Waals surface area contributed by atoms with Gasteiger partial charge in [0.1, 0.15) is 18.6 Å². The van der Waals surface area contributed by atoms with E-state index in [0.717, 1.165) is 11.3 Å². The van der Waals surface area contributed by atoms with Gasteiger partial charge in [0.05, 0.1) is 18.6 Å². The van der Waals surface area contributed by atoms with Gasteiger partial charge in [0, 0.05) is 20.0 Å². The van der Waals surface area contributed by atoms with Crippen molar-refractivity contribution in [2.45, 2.75) is 32.9 Å². The van der Waals surface area contributed by atoms with E-state index in [-0.39, 0.29) is 36.4 Å². The molecule has 1 unspecified atom stereocenters. The summed E-state index contributed by atoms with van der Waals surface area (Å²) in [6.45, 7) is 5.39. The zero-order valence-corrected chi connectivity index (χ0v) is 17.3. The lowest BCUT2D eigenvalue weighted by atomic mass is 9.95. The third-order valence-electron chi connectivity index (χ3n) is 5.21. The van der Waals surface area contributed by atoms with Crippen LogP contribution in [0.1, 0.15) is 31.9 Å². The molecule has 0 saturated carbocycles. The lowest BCUT2D eigenvalue weighted by Gasteiger charge is -2.25. The Labute approximate surface area is 173 Å². The van der Waals surface area contributed by atoms with Crippen molar-refractivity contribution in [3.05, 3.63) is 46.6 Å². The van der Waals surface area contributed by atoms with Gasteiger partial charge in [0.15, 0.2) is 17.1 Å². The van der Waals surface area contributed by atoms with Crippen molar-refractivity contribution >= 4 is 16.9 Å². The minimum Gasteiger partial charge on any atom is -0.486 e. The topological polar surface area (TPSA) is 100 Å². The lowest BCUT2D eigenvalue weighted by molar-refractivity contribution is -0.122. The highest BCUT2D eigenvalue weighted by atomic mass is 16.6. The molecule has 30 heavy (non-hydrogen) atoms. The first-order chi connectivity index (χ1) is 14.4. The number of nitrogens with zero attached hydrogens (tertiary/aromatic N) is 4. The molecule has 1 amide bonds. The molecular formula is C21H25N5O4. The van der Waals surface area contributed by atoms with E-state index in [0.29, 0.717) is 30.0 Å². The number of hydrogen-bond acceptors (Lipinski definition) is 6. The molecule has 4 rings (SSSR count). The van der Waals surface area contributed by atoms with E-state index in [2.05, 4.69) is 15.4 Å². The average molecular weight is 411 g/mol. The Kier molecular flexibility index (Phi) is 5.43. The number of benzene rings is 1. The summed E-state index contributed by atoms with van der Waals surface area (Å²) in [7, 11) is 1.73. The van der Waals surface area contributed by atoms with E-state index in [1.54, 1.807) is 11.7 Å². The Morgan fingerprint density at radius 2 is 2.00 bits per heavy atom. The largest absolute Gasteiger partial charge is 0.486 e. The fourth-order valence-electron chi connectivity index (χ4n) is 3.58. The predicted octanol–water partition coefficient (Wildman–Crippen LogP) is 1.80. The van der Waals surface area contributed by atoms with Gasteiger partial charge in [-0.3, -0.25) is 18.8 Å². The van der Waals surface area contributed by atoms with Crippen LogP contribution in [0.5, 0.6) is 11.5 Å². The summed E-state index contributed by atoms with van der Waals surface area (Å²) in [5, 5.41) is 7.58. The minimum absolute atomic E-state index is 0.137. The van der Waals surface area contributed by atoms with Gasteiger partial charge in [0.2, 0.25) is 5.91 Å². The van der Waals surface area contributed by atoms with Crippen molar-refractivity contribution in [3.63, 3.8) is 0 Å². The second kappa shape index (κ2) is 8.17. The summed E-state index contributed by atoms with van der Waals surface area (Å²) >= 11 is 0. The number of amides is 1. The summed E-state index contributed by atoms with van der Waals surface area (Å²) in [5.74, 6) is 1.45. The van der Waals surface area contributed by atoms with Crippen LogP contribution in [0.25, 0.3) is 11.0 Å². The zero-order valence-electron chi connectivity index (χ0n) is 17.3. The van der Waals surface area contributed by atoms with Crippen LogP contribution in [0, 0.1) is 5.92 Å². The second-order valence-corrected chi connectivity index (χ2v) is 7.69. The highest BCUT2D eigenvalue weighted by molar-refractivity contribution is 5.76. The summed E-state index contributed by atoms with van der Waals surface area (Å²) in [6.07, 6.45) is 3.12. The van der Waals surface area contributed by atoms with E-state index in [4.69, 9.17) is 9.47 Å². The number of aryl methyl sites for hydroxylation is 2. The van der Waals surface area contributed by atoms with Crippen molar-refractivity contribution in [3.8, 4) is 11.5 Å². The maximum atomic E-state index is 12.7. The van der Waals surface area contributed by atoms with Crippen LogP contribution in [0.15, 0.2) is 35.5 Å². The van der Waals surface area contributed by atoms with Crippen LogP contribution in [0.4, 0.5) is 0 Å². The maximum absolute atomic E-state index is 12.7. The van der Waals surface area contributed by atoms with Gasteiger partial charge in [0.25, 0.3) is 5.56 Å². The number of hydrogen-bond donors (Lipinski definition) is 1. The summed E-state index contributed by atoms with van der Waals surface area (Å²) in [4.78, 5) is 29.5. The third kappa shape index (κ3) is 3.87. The summed E-state index contributed by atoms with van der Waals surface area (Å²) in [5.41, 5.74) is 1.28. The molecule has 3 aromatic rings. The lowest BCUT2D eigenvalue weighted by Crippen LogP contribution is -2.33. The number of carbonyl (C=O) groups is 1. The highest BCUT2D eigenvalue weighted by Crippen LogP contribution is 2.34. The van der Waals surface area contributed by atoms with Gasteiger partial charge in [-0.15, -0.1) is 0 Å². The van der Waals surface area contributed by atoms with Crippen molar-refractivity contribution in [2.24, 2.45) is 13.0 Å². The number of aromatic nitrogens is 4. The molecule has 1 atom stereocenters. The molecule has 158 valence electrons. The predicted molar refractivity (Wildman–Crippen MR) is 111 cm³/mol. The maximum Gasteiger partial charge on any atom is 0.264 e. The van der Waals surface area contributed by atoms with Crippen molar-refractivity contribution in [1.82, 2.24) is 24.6 Å². The average Bonchev–Trinajstić information content (AvgIpc) is 3.12. The zero-order chi connectivity index (χ0) is 21.3.